The Balaban J connectivity index is 1.55. The second kappa shape index (κ2) is 7.84. The van der Waals surface area contributed by atoms with E-state index in [9.17, 15) is 9.90 Å². The van der Waals surface area contributed by atoms with Gasteiger partial charge in [-0.3, -0.25) is 4.79 Å². The van der Waals surface area contributed by atoms with Crippen LogP contribution < -0.4 is 5.32 Å². The molecule has 0 saturated heterocycles. The summed E-state index contributed by atoms with van der Waals surface area (Å²) in [5, 5.41) is 13.8. The lowest BCUT2D eigenvalue weighted by molar-refractivity contribution is -0.131. The number of nitrogens with zero attached hydrogens (tertiary/aromatic N) is 1. The van der Waals surface area contributed by atoms with Crippen molar-refractivity contribution in [1.29, 1.82) is 0 Å². The van der Waals surface area contributed by atoms with Gasteiger partial charge in [0.15, 0.2) is 5.76 Å². The molecule has 1 heterocycles. The maximum Gasteiger partial charge on any atom is 0.288 e. The Bertz CT molecular complexity index is 589. The first-order chi connectivity index (χ1) is 11.6. The molecule has 0 aromatic heterocycles. The van der Waals surface area contributed by atoms with Crippen molar-refractivity contribution in [2.75, 3.05) is 13.1 Å². The SMILES string of the molecule is CC1CCC(NCC2=C(O)C(=O)N(Cc3ccccc3)CC2)CC1. The van der Waals surface area contributed by atoms with Gasteiger partial charge in [-0.05, 0) is 49.2 Å². The standard InChI is InChI=1S/C20H28N2O2/c1-15-7-9-18(10-8-15)21-13-17-11-12-22(20(24)19(17)23)14-16-5-3-2-4-6-16/h2-6,15,18,21,23H,7-14H2,1H3. The molecule has 4 nitrogen and oxygen atoms in total. The van der Waals surface area contributed by atoms with E-state index in [4.69, 9.17) is 0 Å². The number of carbonyl (C=O) groups is 1. The molecule has 1 saturated carbocycles. The molecule has 1 aromatic carbocycles. The fourth-order valence-corrected chi connectivity index (χ4v) is 3.65. The summed E-state index contributed by atoms with van der Waals surface area (Å²) in [6.07, 6.45) is 5.69. The Hall–Kier alpha value is -1.81. The van der Waals surface area contributed by atoms with E-state index in [0.29, 0.717) is 25.7 Å². The van der Waals surface area contributed by atoms with Crippen molar-refractivity contribution in [3.05, 3.63) is 47.2 Å². The van der Waals surface area contributed by atoms with Crippen LogP contribution in [0, 0.1) is 5.92 Å². The van der Waals surface area contributed by atoms with Crippen LogP contribution in [0.5, 0.6) is 0 Å². The van der Waals surface area contributed by atoms with Crippen molar-refractivity contribution in [3.63, 3.8) is 0 Å². The van der Waals surface area contributed by atoms with E-state index >= 15 is 0 Å². The summed E-state index contributed by atoms with van der Waals surface area (Å²) >= 11 is 0. The summed E-state index contributed by atoms with van der Waals surface area (Å²) in [5.41, 5.74) is 1.96. The monoisotopic (exact) mass is 328 g/mol. The largest absolute Gasteiger partial charge is 0.503 e. The maximum absolute atomic E-state index is 12.4. The zero-order chi connectivity index (χ0) is 16.9. The Morgan fingerprint density at radius 1 is 1.17 bits per heavy atom. The van der Waals surface area contributed by atoms with Crippen LogP contribution in [0.1, 0.15) is 44.6 Å². The minimum atomic E-state index is -0.237. The molecule has 0 bridgehead atoms. The van der Waals surface area contributed by atoms with Crippen LogP contribution in [0.4, 0.5) is 0 Å². The van der Waals surface area contributed by atoms with E-state index in [1.54, 1.807) is 4.90 Å². The molecule has 3 rings (SSSR count). The molecule has 2 N–H and O–H groups in total. The topological polar surface area (TPSA) is 52.6 Å². The third-order valence-corrected chi connectivity index (χ3v) is 5.34. The minimum Gasteiger partial charge on any atom is -0.503 e. The van der Waals surface area contributed by atoms with E-state index in [2.05, 4.69) is 12.2 Å². The number of aliphatic hydroxyl groups is 1. The molecule has 4 heteroatoms. The van der Waals surface area contributed by atoms with E-state index in [1.165, 1.54) is 25.7 Å². The maximum atomic E-state index is 12.4. The summed E-state index contributed by atoms with van der Waals surface area (Å²) in [7, 11) is 0. The second-order valence-corrected chi connectivity index (χ2v) is 7.25. The molecule has 0 spiro atoms. The molecule has 1 amide bonds. The van der Waals surface area contributed by atoms with Crippen LogP contribution in [0.15, 0.2) is 41.7 Å². The first-order valence-electron chi connectivity index (χ1n) is 9.11. The first kappa shape index (κ1) is 17.0. The van der Waals surface area contributed by atoms with Gasteiger partial charge in [0, 0.05) is 25.7 Å². The van der Waals surface area contributed by atoms with Crippen LogP contribution in [0.3, 0.4) is 0 Å². The van der Waals surface area contributed by atoms with Crippen molar-refractivity contribution >= 4 is 5.91 Å². The zero-order valence-electron chi connectivity index (χ0n) is 14.5. The van der Waals surface area contributed by atoms with Crippen LogP contribution in [-0.4, -0.2) is 35.0 Å². The number of amides is 1. The Kier molecular flexibility index (Phi) is 5.56. The molecule has 1 fully saturated rings. The predicted octanol–water partition coefficient (Wildman–Crippen LogP) is 3.40. The van der Waals surface area contributed by atoms with Gasteiger partial charge in [0.05, 0.1) is 0 Å². The lowest BCUT2D eigenvalue weighted by Gasteiger charge is -2.30. The van der Waals surface area contributed by atoms with E-state index in [-0.39, 0.29) is 11.7 Å². The number of aliphatic hydroxyl groups excluding tert-OH is 1. The number of benzene rings is 1. The molecule has 1 aliphatic heterocycles. The molecule has 2 aliphatic rings. The van der Waals surface area contributed by atoms with Gasteiger partial charge < -0.3 is 15.3 Å². The lowest BCUT2D eigenvalue weighted by Crippen LogP contribution is -2.40. The van der Waals surface area contributed by atoms with Crippen LogP contribution in [0.2, 0.25) is 0 Å². The Morgan fingerprint density at radius 2 is 1.88 bits per heavy atom. The van der Waals surface area contributed by atoms with Gasteiger partial charge in [-0.2, -0.15) is 0 Å². The normalized spacial score (nSPS) is 25.2. The van der Waals surface area contributed by atoms with Gasteiger partial charge in [-0.25, -0.2) is 0 Å². The second-order valence-electron chi connectivity index (χ2n) is 7.25. The highest BCUT2D eigenvalue weighted by molar-refractivity contribution is 5.92. The first-order valence-corrected chi connectivity index (χ1v) is 9.11. The third-order valence-electron chi connectivity index (χ3n) is 5.34. The number of rotatable bonds is 5. The smallest absolute Gasteiger partial charge is 0.288 e. The van der Waals surface area contributed by atoms with Crippen molar-refractivity contribution in [3.8, 4) is 0 Å². The average molecular weight is 328 g/mol. The van der Waals surface area contributed by atoms with Crippen LogP contribution in [0.25, 0.3) is 0 Å². The molecule has 130 valence electrons. The molecular weight excluding hydrogens is 300 g/mol. The van der Waals surface area contributed by atoms with Crippen molar-refractivity contribution in [1.82, 2.24) is 10.2 Å². The molecule has 1 aliphatic carbocycles. The molecule has 0 unspecified atom stereocenters. The number of hydrogen-bond donors (Lipinski definition) is 2. The molecular formula is C20H28N2O2. The van der Waals surface area contributed by atoms with Gasteiger partial charge >= 0.3 is 0 Å². The highest BCUT2D eigenvalue weighted by Gasteiger charge is 2.27. The van der Waals surface area contributed by atoms with E-state index in [1.807, 2.05) is 30.3 Å². The van der Waals surface area contributed by atoms with Crippen molar-refractivity contribution in [2.24, 2.45) is 5.92 Å². The van der Waals surface area contributed by atoms with Crippen LogP contribution >= 0.6 is 0 Å². The summed E-state index contributed by atoms with van der Waals surface area (Å²) in [4.78, 5) is 14.2. The average Bonchev–Trinajstić information content (AvgIpc) is 2.61. The van der Waals surface area contributed by atoms with Gasteiger partial charge in [0.25, 0.3) is 5.91 Å². The Labute approximate surface area is 144 Å². The molecule has 1 aromatic rings. The van der Waals surface area contributed by atoms with E-state index < -0.39 is 0 Å². The summed E-state index contributed by atoms with van der Waals surface area (Å²) < 4.78 is 0. The van der Waals surface area contributed by atoms with Gasteiger partial charge in [0.1, 0.15) is 0 Å². The summed E-state index contributed by atoms with van der Waals surface area (Å²) in [6, 6.07) is 10.5. The predicted molar refractivity (Wildman–Crippen MR) is 95.6 cm³/mol. The zero-order valence-corrected chi connectivity index (χ0v) is 14.5. The summed E-state index contributed by atoms with van der Waals surface area (Å²) in [6.45, 7) is 4.18. The minimum absolute atomic E-state index is 0.0474. The quantitative estimate of drug-likeness (QED) is 0.871. The third kappa shape index (κ3) is 4.18. The molecule has 24 heavy (non-hydrogen) atoms. The molecule has 0 atom stereocenters. The Morgan fingerprint density at radius 3 is 2.58 bits per heavy atom. The van der Waals surface area contributed by atoms with Gasteiger partial charge in [0.2, 0.25) is 0 Å². The fraction of sp³-hybridized carbons (Fsp3) is 0.550. The lowest BCUT2D eigenvalue weighted by atomic mass is 9.87. The summed E-state index contributed by atoms with van der Waals surface area (Å²) in [5.74, 6) is 0.548. The number of carbonyl (C=O) groups excluding carboxylic acids is 1. The van der Waals surface area contributed by atoms with Crippen molar-refractivity contribution in [2.45, 2.75) is 51.6 Å². The van der Waals surface area contributed by atoms with E-state index in [0.717, 1.165) is 23.5 Å². The van der Waals surface area contributed by atoms with Gasteiger partial charge in [-0.1, -0.05) is 37.3 Å². The van der Waals surface area contributed by atoms with Crippen molar-refractivity contribution < 1.29 is 9.90 Å². The van der Waals surface area contributed by atoms with Gasteiger partial charge in [-0.15, -0.1) is 0 Å². The highest BCUT2D eigenvalue weighted by Crippen LogP contribution is 2.24. The number of nitrogens with one attached hydrogen (secondary N) is 1. The highest BCUT2D eigenvalue weighted by atomic mass is 16.3. The number of hydrogen-bond acceptors (Lipinski definition) is 3. The van der Waals surface area contributed by atoms with Crippen LogP contribution in [-0.2, 0) is 11.3 Å². The molecule has 0 radical (unpaired) electrons. The fourth-order valence-electron chi connectivity index (χ4n) is 3.65.